The number of aromatic nitrogens is 2. The SMILES string of the molecule is NCC1(Nc2nncs2)CCCCC1. The zero-order chi connectivity index (χ0) is 9.86. The summed E-state index contributed by atoms with van der Waals surface area (Å²) in [7, 11) is 0. The molecule has 1 aromatic heterocycles. The first-order chi connectivity index (χ1) is 6.85. The Balaban J connectivity index is 2.04. The number of anilines is 1. The predicted molar refractivity (Wildman–Crippen MR) is 58.4 cm³/mol. The lowest BCUT2D eigenvalue weighted by atomic mass is 9.82. The first-order valence-corrected chi connectivity index (χ1v) is 5.97. The minimum absolute atomic E-state index is 0.0811. The molecule has 0 aromatic carbocycles. The lowest BCUT2D eigenvalue weighted by Crippen LogP contribution is -2.46. The van der Waals surface area contributed by atoms with E-state index in [4.69, 9.17) is 5.73 Å². The van der Waals surface area contributed by atoms with Crippen molar-refractivity contribution in [1.82, 2.24) is 10.2 Å². The largest absolute Gasteiger partial charge is 0.353 e. The van der Waals surface area contributed by atoms with Gasteiger partial charge in [0.05, 0.1) is 5.54 Å². The Morgan fingerprint density at radius 1 is 1.43 bits per heavy atom. The van der Waals surface area contributed by atoms with Gasteiger partial charge in [0.2, 0.25) is 5.13 Å². The lowest BCUT2D eigenvalue weighted by molar-refractivity contribution is 0.330. The summed E-state index contributed by atoms with van der Waals surface area (Å²) in [6.45, 7) is 0.687. The maximum atomic E-state index is 5.85. The molecule has 0 bridgehead atoms. The van der Waals surface area contributed by atoms with Crippen LogP contribution in [0.2, 0.25) is 0 Å². The van der Waals surface area contributed by atoms with Crippen molar-refractivity contribution in [2.24, 2.45) is 5.73 Å². The summed E-state index contributed by atoms with van der Waals surface area (Å²) < 4.78 is 0. The van der Waals surface area contributed by atoms with Gasteiger partial charge < -0.3 is 11.1 Å². The number of nitrogens with one attached hydrogen (secondary N) is 1. The molecule has 1 aliphatic rings. The van der Waals surface area contributed by atoms with Crippen LogP contribution in [0.4, 0.5) is 5.13 Å². The number of rotatable bonds is 3. The molecule has 0 radical (unpaired) electrons. The molecule has 0 saturated heterocycles. The lowest BCUT2D eigenvalue weighted by Gasteiger charge is -2.36. The van der Waals surface area contributed by atoms with Gasteiger partial charge in [0.15, 0.2) is 0 Å². The predicted octanol–water partition coefficient (Wildman–Crippen LogP) is 1.61. The van der Waals surface area contributed by atoms with Gasteiger partial charge in [0.25, 0.3) is 0 Å². The summed E-state index contributed by atoms with van der Waals surface area (Å²) in [4.78, 5) is 0. The van der Waals surface area contributed by atoms with E-state index in [9.17, 15) is 0 Å². The molecule has 0 unspecified atom stereocenters. The van der Waals surface area contributed by atoms with Crippen LogP contribution in [0.1, 0.15) is 32.1 Å². The van der Waals surface area contributed by atoms with Gasteiger partial charge >= 0.3 is 0 Å². The highest BCUT2D eigenvalue weighted by atomic mass is 32.1. The second-order valence-corrected chi connectivity index (χ2v) is 4.75. The van der Waals surface area contributed by atoms with E-state index in [2.05, 4.69) is 15.5 Å². The molecule has 1 saturated carbocycles. The zero-order valence-electron chi connectivity index (χ0n) is 8.20. The van der Waals surface area contributed by atoms with Crippen LogP contribution < -0.4 is 11.1 Å². The Labute approximate surface area is 87.9 Å². The second kappa shape index (κ2) is 4.23. The summed E-state index contributed by atoms with van der Waals surface area (Å²) in [5.41, 5.74) is 7.68. The standard InChI is InChI=1S/C9H16N4S/c10-6-9(4-2-1-3-5-9)12-8-13-11-7-14-8/h7H,1-6,10H2,(H,12,13). The third-order valence-electron chi connectivity index (χ3n) is 2.93. The van der Waals surface area contributed by atoms with E-state index in [0.29, 0.717) is 6.54 Å². The molecule has 14 heavy (non-hydrogen) atoms. The van der Waals surface area contributed by atoms with Gasteiger partial charge in [-0.25, -0.2) is 0 Å². The fourth-order valence-corrected chi connectivity index (χ4v) is 2.63. The maximum absolute atomic E-state index is 5.85. The third-order valence-corrected chi connectivity index (χ3v) is 3.54. The van der Waals surface area contributed by atoms with Gasteiger partial charge in [0.1, 0.15) is 5.51 Å². The molecule has 1 aliphatic carbocycles. The average Bonchev–Trinajstić information content (AvgIpc) is 2.72. The summed E-state index contributed by atoms with van der Waals surface area (Å²) >= 11 is 1.54. The van der Waals surface area contributed by atoms with Crippen molar-refractivity contribution < 1.29 is 0 Å². The second-order valence-electron chi connectivity index (χ2n) is 3.91. The Morgan fingerprint density at radius 3 is 2.79 bits per heavy atom. The quantitative estimate of drug-likeness (QED) is 0.799. The summed E-state index contributed by atoms with van der Waals surface area (Å²) in [6, 6.07) is 0. The molecule has 5 heteroatoms. The molecule has 3 N–H and O–H groups in total. The van der Waals surface area contributed by atoms with Crippen molar-refractivity contribution in [3.63, 3.8) is 0 Å². The average molecular weight is 212 g/mol. The Morgan fingerprint density at radius 2 is 2.21 bits per heavy atom. The number of nitrogens with two attached hydrogens (primary N) is 1. The van der Waals surface area contributed by atoms with E-state index in [-0.39, 0.29) is 5.54 Å². The normalized spacial score (nSPS) is 20.6. The summed E-state index contributed by atoms with van der Waals surface area (Å²) in [5.74, 6) is 0. The van der Waals surface area contributed by atoms with Crippen LogP contribution in [-0.4, -0.2) is 22.3 Å². The molecule has 4 nitrogen and oxygen atoms in total. The van der Waals surface area contributed by atoms with Gasteiger partial charge in [-0.1, -0.05) is 30.6 Å². The van der Waals surface area contributed by atoms with Crippen molar-refractivity contribution in [1.29, 1.82) is 0 Å². The van der Waals surface area contributed by atoms with Crippen molar-refractivity contribution in [2.45, 2.75) is 37.6 Å². The smallest absolute Gasteiger partial charge is 0.205 e. The molecule has 78 valence electrons. The van der Waals surface area contributed by atoms with Crippen molar-refractivity contribution in [3.8, 4) is 0 Å². The first kappa shape index (κ1) is 9.86. The fourth-order valence-electron chi connectivity index (χ4n) is 2.06. The van der Waals surface area contributed by atoms with Gasteiger partial charge in [-0.3, -0.25) is 0 Å². The molecule has 0 atom stereocenters. The van der Waals surface area contributed by atoms with Gasteiger partial charge in [0, 0.05) is 6.54 Å². The molecule has 2 rings (SSSR count). The fraction of sp³-hybridized carbons (Fsp3) is 0.778. The first-order valence-electron chi connectivity index (χ1n) is 5.09. The van der Waals surface area contributed by atoms with Crippen LogP contribution >= 0.6 is 11.3 Å². The number of nitrogens with zero attached hydrogens (tertiary/aromatic N) is 2. The van der Waals surface area contributed by atoms with Crippen molar-refractivity contribution in [3.05, 3.63) is 5.51 Å². The monoisotopic (exact) mass is 212 g/mol. The van der Waals surface area contributed by atoms with Crippen LogP contribution in [0.15, 0.2) is 5.51 Å². The highest BCUT2D eigenvalue weighted by Crippen LogP contribution is 2.31. The Kier molecular flexibility index (Phi) is 2.98. The highest BCUT2D eigenvalue weighted by Gasteiger charge is 2.30. The minimum Gasteiger partial charge on any atom is -0.353 e. The van der Waals surface area contributed by atoms with Gasteiger partial charge in [-0.2, -0.15) is 0 Å². The number of hydrogen-bond acceptors (Lipinski definition) is 5. The molecule has 1 heterocycles. The van der Waals surface area contributed by atoms with Gasteiger partial charge in [-0.15, -0.1) is 10.2 Å². The maximum Gasteiger partial charge on any atom is 0.205 e. The van der Waals surface area contributed by atoms with E-state index in [0.717, 1.165) is 18.0 Å². The van der Waals surface area contributed by atoms with Crippen LogP contribution in [0.25, 0.3) is 0 Å². The van der Waals surface area contributed by atoms with Crippen molar-refractivity contribution in [2.75, 3.05) is 11.9 Å². The summed E-state index contributed by atoms with van der Waals surface area (Å²) in [6.07, 6.45) is 6.18. The van der Waals surface area contributed by atoms with Gasteiger partial charge in [-0.05, 0) is 12.8 Å². The minimum atomic E-state index is 0.0811. The van der Waals surface area contributed by atoms with Crippen molar-refractivity contribution >= 4 is 16.5 Å². The molecule has 1 aromatic rings. The molecule has 1 fully saturated rings. The van der Waals surface area contributed by atoms with E-state index >= 15 is 0 Å². The Bertz CT molecular complexity index is 266. The molecular formula is C9H16N4S. The molecular weight excluding hydrogens is 196 g/mol. The van der Waals surface area contributed by atoms with Crippen LogP contribution in [0.5, 0.6) is 0 Å². The van der Waals surface area contributed by atoms with Crippen LogP contribution in [0, 0.1) is 0 Å². The van der Waals surface area contributed by atoms with Crippen LogP contribution in [0.3, 0.4) is 0 Å². The highest BCUT2D eigenvalue weighted by molar-refractivity contribution is 7.13. The van der Waals surface area contributed by atoms with Crippen LogP contribution in [-0.2, 0) is 0 Å². The molecule has 0 aliphatic heterocycles. The summed E-state index contributed by atoms with van der Waals surface area (Å²) in [5, 5.41) is 12.2. The topological polar surface area (TPSA) is 63.8 Å². The van der Waals surface area contributed by atoms with E-state index in [1.165, 1.54) is 19.3 Å². The van der Waals surface area contributed by atoms with E-state index in [1.807, 2.05) is 0 Å². The third kappa shape index (κ3) is 2.04. The van der Waals surface area contributed by atoms with E-state index < -0.39 is 0 Å². The number of hydrogen-bond donors (Lipinski definition) is 2. The zero-order valence-corrected chi connectivity index (χ0v) is 9.02. The molecule has 0 spiro atoms. The molecule has 0 amide bonds. The van der Waals surface area contributed by atoms with E-state index in [1.54, 1.807) is 16.8 Å². The Hall–Kier alpha value is -0.680.